The third-order valence-corrected chi connectivity index (χ3v) is 5.48. The molecule has 154 valence electrons. The van der Waals surface area contributed by atoms with E-state index in [-0.39, 0.29) is 41.2 Å². The quantitative estimate of drug-likeness (QED) is 0.335. The van der Waals surface area contributed by atoms with Gasteiger partial charge in [-0.3, -0.25) is 19.7 Å². The van der Waals surface area contributed by atoms with Crippen molar-refractivity contribution in [2.24, 2.45) is 0 Å². The lowest BCUT2D eigenvalue weighted by atomic mass is 9.97. The van der Waals surface area contributed by atoms with Gasteiger partial charge in [0.05, 0.1) is 15.4 Å². The van der Waals surface area contributed by atoms with E-state index in [2.05, 4.69) is 5.32 Å². The summed E-state index contributed by atoms with van der Waals surface area (Å²) in [6.07, 6.45) is 1.74. The van der Waals surface area contributed by atoms with Crippen molar-refractivity contribution in [2.75, 3.05) is 25.9 Å². The third-order valence-electron chi connectivity index (χ3n) is 4.70. The van der Waals surface area contributed by atoms with Crippen molar-refractivity contribution in [1.29, 1.82) is 0 Å². The Balaban J connectivity index is 0.00000300. The second-order valence-corrected chi connectivity index (χ2v) is 7.47. The van der Waals surface area contributed by atoms with E-state index in [9.17, 15) is 19.7 Å². The van der Waals surface area contributed by atoms with Gasteiger partial charge in [-0.25, -0.2) is 0 Å². The number of nitrogens with zero attached hydrogens (tertiary/aromatic N) is 2. The van der Waals surface area contributed by atoms with Gasteiger partial charge in [0.15, 0.2) is 5.78 Å². The van der Waals surface area contributed by atoms with Crippen LogP contribution < -0.4 is 5.32 Å². The fraction of sp³-hybridized carbons (Fsp3) is 0.300. The molecule has 0 radical (unpaired) electrons. The number of ketones is 1. The Hall–Kier alpha value is -2.42. The minimum absolute atomic E-state index is 0. The third kappa shape index (κ3) is 4.95. The summed E-state index contributed by atoms with van der Waals surface area (Å²) in [5.41, 5.74) is 0.652. The number of nitro groups is 1. The zero-order valence-electron chi connectivity index (χ0n) is 16.1. The van der Waals surface area contributed by atoms with Gasteiger partial charge in [0.1, 0.15) is 0 Å². The van der Waals surface area contributed by atoms with Crippen molar-refractivity contribution in [3.05, 3.63) is 69.3 Å². The van der Waals surface area contributed by atoms with Crippen LogP contribution >= 0.6 is 24.2 Å². The Morgan fingerprint density at radius 1 is 1.21 bits per heavy atom. The largest absolute Gasteiger partial charge is 0.336 e. The second-order valence-electron chi connectivity index (χ2n) is 6.62. The molecule has 3 rings (SSSR count). The summed E-state index contributed by atoms with van der Waals surface area (Å²) in [5, 5.41) is 14.6. The van der Waals surface area contributed by atoms with Crippen LogP contribution in [0.2, 0.25) is 0 Å². The van der Waals surface area contributed by atoms with E-state index in [1.54, 1.807) is 47.6 Å². The standard InChI is InChI=1S/C20H21N3O4S.ClH/c1-13-12-22(10-9-21-13)20(25)16-6-4-3-5-15(16)19(24)14-7-8-18(28-2)17(11-14)23(26)27;/h3-8,11,13,21H,9-10,12H2,1-2H3;1H. The first-order chi connectivity index (χ1) is 13.4. The van der Waals surface area contributed by atoms with Gasteiger partial charge < -0.3 is 10.2 Å². The first-order valence-corrected chi connectivity index (χ1v) is 10.1. The molecular formula is C20H22ClN3O4S. The van der Waals surface area contributed by atoms with Crippen LogP contribution in [0.25, 0.3) is 0 Å². The van der Waals surface area contributed by atoms with Crippen LogP contribution in [-0.2, 0) is 0 Å². The number of carbonyl (C=O) groups is 2. The van der Waals surface area contributed by atoms with Crippen LogP contribution in [0.5, 0.6) is 0 Å². The van der Waals surface area contributed by atoms with E-state index < -0.39 is 10.7 Å². The Kier molecular flexibility index (Phi) is 7.78. The number of amides is 1. The summed E-state index contributed by atoms with van der Waals surface area (Å²) >= 11 is 1.25. The van der Waals surface area contributed by atoms with Crippen molar-refractivity contribution in [3.8, 4) is 0 Å². The van der Waals surface area contributed by atoms with E-state index in [0.29, 0.717) is 30.1 Å². The molecule has 0 saturated carbocycles. The highest BCUT2D eigenvalue weighted by Crippen LogP contribution is 2.29. The lowest BCUT2D eigenvalue weighted by Gasteiger charge is -2.32. The fourth-order valence-electron chi connectivity index (χ4n) is 3.28. The van der Waals surface area contributed by atoms with Gasteiger partial charge in [0, 0.05) is 42.9 Å². The molecule has 1 saturated heterocycles. The average molecular weight is 436 g/mol. The number of hydrogen-bond acceptors (Lipinski definition) is 6. The molecule has 29 heavy (non-hydrogen) atoms. The van der Waals surface area contributed by atoms with Crippen LogP contribution in [0.3, 0.4) is 0 Å². The van der Waals surface area contributed by atoms with Crippen LogP contribution in [0, 0.1) is 10.1 Å². The number of rotatable bonds is 5. The molecule has 0 bridgehead atoms. The van der Waals surface area contributed by atoms with Gasteiger partial charge in [-0.2, -0.15) is 0 Å². The monoisotopic (exact) mass is 435 g/mol. The Morgan fingerprint density at radius 2 is 1.90 bits per heavy atom. The minimum atomic E-state index is -0.498. The van der Waals surface area contributed by atoms with Crippen molar-refractivity contribution in [2.45, 2.75) is 17.9 Å². The first kappa shape index (κ1) is 22.9. The maximum atomic E-state index is 13.1. The Morgan fingerprint density at radius 3 is 2.52 bits per heavy atom. The van der Waals surface area contributed by atoms with Crippen LogP contribution in [-0.4, -0.2) is 53.4 Å². The molecule has 1 heterocycles. The zero-order chi connectivity index (χ0) is 20.3. The van der Waals surface area contributed by atoms with Gasteiger partial charge in [-0.05, 0) is 31.4 Å². The number of hydrogen-bond donors (Lipinski definition) is 1. The fourth-order valence-corrected chi connectivity index (χ4v) is 3.83. The predicted molar refractivity (Wildman–Crippen MR) is 115 cm³/mol. The topological polar surface area (TPSA) is 92.6 Å². The van der Waals surface area contributed by atoms with Crippen molar-refractivity contribution >= 4 is 41.5 Å². The van der Waals surface area contributed by atoms with E-state index in [4.69, 9.17) is 0 Å². The molecule has 0 aromatic heterocycles. The van der Waals surface area contributed by atoms with Gasteiger partial charge >= 0.3 is 0 Å². The molecule has 1 aliphatic heterocycles. The van der Waals surface area contributed by atoms with Gasteiger partial charge in [0.2, 0.25) is 0 Å². The molecule has 1 N–H and O–H groups in total. The number of benzene rings is 2. The van der Waals surface area contributed by atoms with Crippen molar-refractivity contribution in [3.63, 3.8) is 0 Å². The summed E-state index contributed by atoms with van der Waals surface area (Å²) < 4.78 is 0. The molecule has 0 spiro atoms. The van der Waals surface area contributed by atoms with Crippen molar-refractivity contribution < 1.29 is 14.5 Å². The molecular weight excluding hydrogens is 414 g/mol. The number of carbonyl (C=O) groups excluding carboxylic acids is 2. The smallest absolute Gasteiger partial charge is 0.283 e. The molecule has 1 unspecified atom stereocenters. The van der Waals surface area contributed by atoms with Gasteiger partial charge in [-0.1, -0.05) is 18.2 Å². The summed E-state index contributed by atoms with van der Waals surface area (Å²) in [5.74, 6) is -0.601. The summed E-state index contributed by atoms with van der Waals surface area (Å²) in [7, 11) is 0. The van der Waals surface area contributed by atoms with E-state index >= 15 is 0 Å². The maximum absolute atomic E-state index is 13.1. The van der Waals surface area contributed by atoms with Gasteiger partial charge in [0.25, 0.3) is 11.6 Å². The Bertz CT molecular complexity index is 938. The normalized spacial score (nSPS) is 16.1. The van der Waals surface area contributed by atoms with E-state index in [1.165, 1.54) is 17.8 Å². The number of halogens is 1. The summed E-state index contributed by atoms with van der Waals surface area (Å²) in [6, 6.07) is 11.2. The molecule has 7 nitrogen and oxygen atoms in total. The molecule has 1 aliphatic rings. The van der Waals surface area contributed by atoms with E-state index in [0.717, 1.165) is 0 Å². The number of nitro benzene ring substituents is 1. The minimum Gasteiger partial charge on any atom is -0.336 e. The SMILES string of the molecule is CSc1ccc(C(=O)c2ccccc2C(=O)N2CCNC(C)C2)cc1[N+](=O)[O-].Cl. The molecule has 2 aromatic carbocycles. The molecule has 1 amide bonds. The highest BCUT2D eigenvalue weighted by atomic mass is 35.5. The van der Waals surface area contributed by atoms with Crippen LogP contribution in [0.1, 0.15) is 33.2 Å². The molecule has 1 fully saturated rings. The lowest BCUT2D eigenvalue weighted by Crippen LogP contribution is -2.51. The summed E-state index contributed by atoms with van der Waals surface area (Å²) in [4.78, 5) is 39.1. The molecule has 2 aromatic rings. The first-order valence-electron chi connectivity index (χ1n) is 8.91. The molecule has 0 aliphatic carbocycles. The summed E-state index contributed by atoms with van der Waals surface area (Å²) in [6.45, 7) is 3.84. The number of thioether (sulfide) groups is 1. The second kappa shape index (κ2) is 9.87. The predicted octanol–water partition coefficient (Wildman–Crippen LogP) is 3.40. The highest BCUT2D eigenvalue weighted by molar-refractivity contribution is 7.98. The Labute approximate surface area is 179 Å². The molecule has 9 heteroatoms. The maximum Gasteiger partial charge on any atom is 0.283 e. The van der Waals surface area contributed by atoms with Crippen molar-refractivity contribution in [1.82, 2.24) is 10.2 Å². The van der Waals surface area contributed by atoms with Crippen LogP contribution in [0.4, 0.5) is 5.69 Å². The number of nitrogens with one attached hydrogen (secondary N) is 1. The average Bonchev–Trinajstić information content (AvgIpc) is 2.72. The highest BCUT2D eigenvalue weighted by Gasteiger charge is 2.26. The van der Waals surface area contributed by atoms with Crippen LogP contribution in [0.15, 0.2) is 47.4 Å². The van der Waals surface area contributed by atoms with Gasteiger partial charge in [-0.15, -0.1) is 24.2 Å². The lowest BCUT2D eigenvalue weighted by molar-refractivity contribution is -0.387. The molecule has 1 atom stereocenters. The number of piperazine rings is 1. The zero-order valence-corrected chi connectivity index (χ0v) is 17.7. The van der Waals surface area contributed by atoms with E-state index in [1.807, 2.05) is 6.92 Å².